The zero-order chi connectivity index (χ0) is 13.1. The molecule has 1 fully saturated rings. The van der Waals surface area contributed by atoms with E-state index >= 15 is 0 Å². The first-order valence-corrected chi connectivity index (χ1v) is 6.38. The molecule has 2 aromatic rings. The molecule has 1 saturated heterocycles. The maximum atomic E-state index is 8.84. The molecule has 0 spiro atoms. The molecular formula is C15H16O4. The number of epoxide rings is 1. The smallest absolute Gasteiger partial charge is 0.127 e. The molecule has 0 aliphatic carbocycles. The SMILES string of the molecule is OCCOc1ccc(OCC2CO2)c2ccccc12. The van der Waals surface area contributed by atoms with Gasteiger partial charge in [-0.05, 0) is 12.1 Å². The Labute approximate surface area is 111 Å². The molecular weight excluding hydrogens is 244 g/mol. The number of hydrogen-bond acceptors (Lipinski definition) is 4. The Hall–Kier alpha value is -1.78. The molecule has 0 saturated carbocycles. The van der Waals surface area contributed by atoms with E-state index in [1.807, 2.05) is 36.4 Å². The number of ether oxygens (including phenoxy) is 3. The first kappa shape index (κ1) is 12.3. The van der Waals surface area contributed by atoms with Gasteiger partial charge in [0.15, 0.2) is 0 Å². The number of hydrogen-bond donors (Lipinski definition) is 1. The van der Waals surface area contributed by atoms with Gasteiger partial charge in [0, 0.05) is 10.8 Å². The third kappa shape index (κ3) is 2.80. The largest absolute Gasteiger partial charge is 0.491 e. The summed E-state index contributed by atoms with van der Waals surface area (Å²) in [6.07, 6.45) is 0.240. The lowest BCUT2D eigenvalue weighted by molar-refractivity contribution is 0.202. The van der Waals surface area contributed by atoms with E-state index in [1.165, 1.54) is 0 Å². The van der Waals surface area contributed by atoms with Gasteiger partial charge in [0.05, 0.1) is 13.2 Å². The first-order valence-electron chi connectivity index (χ1n) is 6.38. The number of rotatable bonds is 6. The van der Waals surface area contributed by atoms with Crippen LogP contribution in [0.15, 0.2) is 36.4 Å². The molecule has 0 bridgehead atoms. The lowest BCUT2D eigenvalue weighted by Gasteiger charge is -2.12. The summed E-state index contributed by atoms with van der Waals surface area (Å²) in [5.74, 6) is 1.60. The third-order valence-electron chi connectivity index (χ3n) is 3.02. The van der Waals surface area contributed by atoms with Crippen molar-refractivity contribution < 1.29 is 19.3 Å². The van der Waals surface area contributed by atoms with Gasteiger partial charge in [0.1, 0.15) is 30.8 Å². The van der Waals surface area contributed by atoms with Gasteiger partial charge in [-0.25, -0.2) is 0 Å². The van der Waals surface area contributed by atoms with Gasteiger partial charge in [-0.15, -0.1) is 0 Å². The number of benzene rings is 2. The van der Waals surface area contributed by atoms with E-state index in [2.05, 4.69) is 0 Å². The highest BCUT2D eigenvalue weighted by Gasteiger charge is 2.23. The lowest BCUT2D eigenvalue weighted by Crippen LogP contribution is -2.05. The van der Waals surface area contributed by atoms with Gasteiger partial charge >= 0.3 is 0 Å². The van der Waals surface area contributed by atoms with Crippen LogP contribution >= 0.6 is 0 Å². The molecule has 0 radical (unpaired) electrons. The van der Waals surface area contributed by atoms with E-state index in [1.54, 1.807) is 0 Å². The quantitative estimate of drug-likeness (QED) is 0.807. The Morgan fingerprint density at radius 1 is 1.05 bits per heavy atom. The highest BCUT2D eigenvalue weighted by molar-refractivity contribution is 5.93. The standard InChI is InChI=1S/C15H16O4/c16-7-8-17-14-5-6-15(19-10-11-9-18-11)13-4-2-1-3-12(13)14/h1-6,11,16H,7-10H2. The van der Waals surface area contributed by atoms with E-state index in [0.29, 0.717) is 13.2 Å². The van der Waals surface area contributed by atoms with Crippen LogP contribution in [0.2, 0.25) is 0 Å². The normalized spacial score (nSPS) is 17.4. The van der Waals surface area contributed by atoms with Crippen molar-refractivity contribution >= 4 is 10.8 Å². The molecule has 0 aromatic heterocycles. The summed E-state index contributed by atoms with van der Waals surface area (Å²) >= 11 is 0. The van der Waals surface area contributed by atoms with Crippen molar-refractivity contribution in [1.82, 2.24) is 0 Å². The van der Waals surface area contributed by atoms with Crippen LogP contribution in [-0.4, -0.2) is 37.6 Å². The second kappa shape index (κ2) is 5.47. The van der Waals surface area contributed by atoms with Gasteiger partial charge in [-0.3, -0.25) is 0 Å². The maximum absolute atomic E-state index is 8.84. The van der Waals surface area contributed by atoms with Gasteiger partial charge in [0.25, 0.3) is 0 Å². The fourth-order valence-corrected chi connectivity index (χ4v) is 2.00. The number of aliphatic hydroxyl groups is 1. The van der Waals surface area contributed by atoms with Gasteiger partial charge < -0.3 is 19.3 Å². The van der Waals surface area contributed by atoms with Crippen LogP contribution in [0, 0.1) is 0 Å². The Morgan fingerprint density at radius 2 is 1.68 bits per heavy atom. The summed E-state index contributed by atoms with van der Waals surface area (Å²) in [5.41, 5.74) is 0. The fraction of sp³-hybridized carbons (Fsp3) is 0.333. The van der Waals surface area contributed by atoms with E-state index in [0.717, 1.165) is 28.9 Å². The number of aliphatic hydroxyl groups excluding tert-OH is 1. The Kier molecular flexibility index (Phi) is 3.53. The molecule has 19 heavy (non-hydrogen) atoms. The third-order valence-corrected chi connectivity index (χ3v) is 3.02. The Bertz CT molecular complexity index is 563. The van der Waals surface area contributed by atoms with Crippen molar-refractivity contribution in [2.24, 2.45) is 0 Å². The fourth-order valence-electron chi connectivity index (χ4n) is 2.00. The van der Waals surface area contributed by atoms with E-state index < -0.39 is 0 Å². The van der Waals surface area contributed by atoms with Crippen LogP contribution in [-0.2, 0) is 4.74 Å². The van der Waals surface area contributed by atoms with Crippen molar-refractivity contribution in [2.45, 2.75) is 6.10 Å². The van der Waals surface area contributed by atoms with Gasteiger partial charge in [-0.2, -0.15) is 0 Å². The van der Waals surface area contributed by atoms with E-state index in [4.69, 9.17) is 19.3 Å². The van der Waals surface area contributed by atoms with Crippen LogP contribution in [0.1, 0.15) is 0 Å². The molecule has 3 rings (SSSR count). The zero-order valence-electron chi connectivity index (χ0n) is 10.5. The van der Waals surface area contributed by atoms with Gasteiger partial charge in [-0.1, -0.05) is 24.3 Å². The molecule has 1 aliphatic rings. The molecule has 1 aliphatic heterocycles. The summed E-state index contributed by atoms with van der Waals surface area (Å²) in [5, 5.41) is 10.8. The van der Waals surface area contributed by atoms with E-state index in [-0.39, 0.29) is 12.7 Å². The molecule has 2 aromatic carbocycles. The van der Waals surface area contributed by atoms with Gasteiger partial charge in [0.2, 0.25) is 0 Å². The second-order valence-electron chi connectivity index (χ2n) is 4.45. The highest BCUT2D eigenvalue weighted by atomic mass is 16.6. The zero-order valence-corrected chi connectivity index (χ0v) is 10.5. The minimum atomic E-state index is 0.00555. The predicted octanol–water partition coefficient (Wildman–Crippen LogP) is 1.99. The molecule has 1 unspecified atom stereocenters. The van der Waals surface area contributed by atoms with Crippen molar-refractivity contribution in [2.75, 3.05) is 26.4 Å². The molecule has 1 heterocycles. The summed E-state index contributed by atoms with van der Waals surface area (Å²) in [7, 11) is 0. The molecule has 0 amide bonds. The predicted molar refractivity (Wildman–Crippen MR) is 71.8 cm³/mol. The average molecular weight is 260 g/mol. The molecule has 1 atom stereocenters. The van der Waals surface area contributed by atoms with E-state index in [9.17, 15) is 0 Å². The second-order valence-corrected chi connectivity index (χ2v) is 4.45. The van der Waals surface area contributed by atoms with Crippen LogP contribution in [0.4, 0.5) is 0 Å². The summed E-state index contributed by atoms with van der Waals surface area (Å²) in [6, 6.07) is 11.7. The topological polar surface area (TPSA) is 51.2 Å². The lowest BCUT2D eigenvalue weighted by atomic mass is 10.1. The Morgan fingerprint density at radius 3 is 2.26 bits per heavy atom. The minimum Gasteiger partial charge on any atom is -0.491 e. The van der Waals surface area contributed by atoms with Crippen molar-refractivity contribution in [1.29, 1.82) is 0 Å². The maximum Gasteiger partial charge on any atom is 0.127 e. The monoisotopic (exact) mass is 260 g/mol. The molecule has 4 heteroatoms. The van der Waals surface area contributed by atoms with Crippen molar-refractivity contribution in [3.63, 3.8) is 0 Å². The average Bonchev–Trinajstić information content (AvgIpc) is 3.27. The van der Waals surface area contributed by atoms with Crippen LogP contribution in [0.3, 0.4) is 0 Å². The Balaban J connectivity index is 1.90. The van der Waals surface area contributed by atoms with Crippen LogP contribution < -0.4 is 9.47 Å². The minimum absolute atomic E-state index is 0.00555. The van der Waals surface area contributed by atoms with Crippen molar-refractivity contribution in [3.8, 4) is 11.5 Å². The van der Waals surface area contributed by atoms with Crippen LogP contribution in [0.5, 0.6) is 11.5 Å². The molecule has 1 N–H and O–H groups in total. The molecule has 4 nitrogen and oxygen atoms in total. The summed E-state index contributed by atoms with van der Waals surface area (Å²) in [4.78, 5) is 0. The molecule has 100 valence electrons. The highest BCUT2D eigenvalue weighted by Crippen LogP contribution is 2.33. The van der Waals surface area contributed by atoms with Crippen molar-refractivity contribution in [3.05, 3.63) is 36.4 Å². The summed E-state index contributed by atoms with van der Waals surface area (Å²) < 4.78 is 16.4. The first-order chi connectivity index (χ1) is 9.38. The number of fused-ring (bicyclic) bond motifs is 1. The van der Waals surface area contributed by atoms with Crippen LogP contribution in [0.25, 0.3) is 10.8 Å². The summed E-state index contributed by atoms with van der Waals surface area (Å²) in [6.45, 7) is 1.67.